The van der Waals surface area contributed by atoms with Crippen LogP contribution in [-0.2, 0) is 27.0 Å². The molecule has 2 aliphatic rings. The van der Waals surface area contributed by atoms with Gasteiger partial charge in [0.25, 0.3) is 0 Å². The lowest BCUT2D eigenvalue weighted by atomic mass is 9.90. The van der Waals surface area contributed by atoms with Crippen molar-refractivity contribution in [3.8, 4) is 11.4 Å². The largest absolute Gasteiger partial charge is 0.361 e. The SMILES string of the molecule is CC(C)S(=O)(=O)N1CC2(C1)OCc1nc(-c3ccccc3)ncc12. The molecule has 3 heterocycles. The molecule has 24 heavy (non-hydrogen) atoms. The lowest BCUT2D eigenvalue weighted by Gasteiger charge is -2.46. The molecule has 0 aliphatic carbocycles. The first-order valence-electron chi connectivity index (χ1n) is 7.97. The standard InChI is InChI=1S/C17H19N3O3S/c1-12(2)24(21,22)20-10-17(11-20)14-8-18-16(19-15(14)9-23-17)13-6-4-3-5-7-13/h3-8,12H,9-11H2,1-2H3. The second-order valence-electron chi connectivity index (χ2n) is 6.56. The van der Waals surface area contributed by atoms with E-state index in [1.165, 1.54) is 4.31 Å². The third-order valence-electron chi connectivity index (χ3n) is 4.69. The topological polar surface area (TPSA) is 72.4 Å². The summed E-state index contributed by atoms with van der Waals surface area (Å²) < 4.78 is 31.9. The van der Waals surface area contributed by atoms with Gasteiger partial charge in [-0.2, -0.15) is 4.31 Å². The minimum absolute atomic E-state index is 0.342. The van der Waals surface area contributed by atoms with Gasteiger partial charge in [0.05, 0.1) is 17.6 Å². The highest BCUT2D eigenvalue weighted by molar-refractivity contribution is 7.89. The van der Waals surface area contributed by atoms with Gasteiger partial charge in [-0.25, -0.2) is 18.4 Å². The monoisotopic (exact) mass is 345 g/mol. The summed E-state index contributed by atoms with van der Waals surface area (Å²) in [5, 5.41) is -0.424. The first-order chi connectivity index (χ1) is 11.4. The summed E-state index contributed by atoms with van der Waals surface area (Å²) in [6, 6.07) is 9.78. The van der Waals surface area contributed by atoms with Crippen molar-refractivity contribution in [2.24, 2.45) is 0 Å². The molecule has 0 radical (unpaired) electrons. The van der Waals surface area contributed by atoms with Crippen LogP contribution in [0.1, 0.15) is 25.1 Å². The lowest BCUT2D eigenvalue weighted by molar-refractivity contribution is -0.112. The van der Waals surface area contributed by atoms with E-state index in [9.17, 15) is 8.42 Å². The van der Waals surface area contributed by atoms with Gasteiger partial charge in [-0.3, -0.25) is 0 Å². The molecule has 0 unspecified atom stereocenters. The normalized spacial score (nSPS) is 19.5. The predicted molar refractivity (Wildman–Crippen MR) is 89.6 cm³/mol. The molecule has 1 fully saturated rings. The van der Waals surface area contributed by atoms with Crippen molar-refractivity contribution in [3.63, 3.8) is 0 Å². The number of aromatic nitrogens is 2. The van der Waals surface area contributed by atoms with Gasteiger partial charge in [-0.15, -0.1) is 0 Å². The molecule has 4 rings (SSSR count). The molecule has 2 aliphatic heterocycles. The summed E-state index contributed by atoms with van der Waals surface area (Å²) in [6.07, 6.45) is 1.79. The van der Waals surface area contributed by atoms with Gasteiger partial charge in [0, 0.05) is 30.4 Å². The molecule has 0 bridgehead atoms. The maximum Gasteiger partial charge on any atom is 0.216 e. The Morgan fingerprint density at radius 2 is 1.92 bits per heavy atom. The summed E-state index contributed by atoms with van der Waals surface area (Å²) in [5.41, 5.74) is 2.15. The van der Waals surface area contributed by atoms with Crippen molar-refractivity contribution in [2.75, 3.05) is 13.1 Å². The number of hydrogen-bond donors (Lipinski definition) is 0. The maximum atomic E-state index is 12.2. The van der Waals surface area contributed by atoms with Crippen LogP contribution in [0.5, 0.6) is 0 Å². The van der Waals surface area contributed by atoms with Crippen LogP contribution < -0.4 is 0 Å². The van der Waals surface area contributed by atoms with Crippen LogP contribution in [0.3, 0.4) is 0 Å². The Morgan fingerprint density at radius 3 is 2.58 bits per heavy atom. The summed E-state index contributed by atoms with van der Waals surface area (Å²) in [7, 11) is -3.24. The second-order valence-corrected chi connectivity index (χ2v) is 9.05. The summed E-state index contributed by atoms with van der Waals surface area (Å²) >= 11 is 0. The number of hydrogen-bond acceptors (Lipinski definition) is 5. The molecule has 1 aromatic carbocycles. The van der Waals surface area contributed by atoms with Gasteiger partial charge in [0.2, 0.25) is 10.0 Å². The van der Waals surface area contributed by atoms with Crippen molar-refractivity contribution in [1.29, 1.82) is 0 Å². The van der Waals surface area contributed by atoms with Gasteiger partial charge in [0.1, 0.15) is 5.60 Å². The minimum Gasteiger partial charge on any atom is -0.361 e. The highest BCUT2D eigenvalue weighted by Crippen LogP contribution is 2.44. The summed E-state index contributed by atoms with van der Waals surface area (Å²) in [5.74, 6) is 0.668. The molecule has 1 spiro atoms. The zero-order valence-electron chi connectivity index (χ0n) is 13.6. The number of fused-ring (bicyclic) bond motifs is 2. The van der Waals surface area contributed by atoms with E-state index in [1.54, 1.807) is 20.0 Å². The Balaban J connectivity index is 1.61. The molecular formula is C17H19N3O3S. The van der Waals surface area contributed by atoms with Gasteiger partial charge in [-0.1, -0.05) is 30.3 Å². The zero-order chi connectivity index (χ0) is 16.9. The van der Waals surface area contributed by atoms with Gasteiger partial charge < -0.3 is 4.74 Å². The van der Waals surface area contributed by atoms with E-state index in [-0.39, 0.29) is 0 Å². The zero-order valence-corrected chi connectivity index (χ0v) is 14.5. The molecule has 0 saturated carbocycles. The third kappa shape index (κ3) is 2.27. The van der Waals surface area contributed by atoms with Crippen LogP contribution in [0.4, 0.5) is 0 Å². The van der Waals surface area contributed by atoms with E-state index in [0.29, 0.717) is 25.5 Å². The van der Waals surface area contributed by atoms with E-state index >= 15 is 0 Å². The Labute approximate surface area is 141 Å². The van der Waals surface area contributed by atoms with E-state index in [0.717, 1.165) is 16.8 Å². The number of sulfonamides is 1. The first kappa shape index (κ1) is 15.7. The fourth-order valence-corrected chi connectivity index (χ4v) is 4.55. The average Bonchev–Trinajstić information content (AvgIpc) is 2.93. The quantitative estimate of drug-likeness (QED) is 0.850. The van der Waals surface area contributed by atoms with Crippen molar-refractivity contribution in [1.82, 2.24) is 14.3 Å². The Hall–Kier alpha value is -1.83. The molecule has 126 valence electrons. The Morgan fingerprint density at radius 1 is 1.21 bits per heavy atom. The first-order valence-corrected chi connectivity index (χ1v) is 9.47. The van der Waals surface area contributed by atoms with Crippen LogP contribution in [0.2, 0.25) is 0 Å². The summed E-state index contributed by atoms with van der Waals surface area (Å²) in [6.45, 7) is 4.47. The maximum absolute atomic E-state index is 12.2. The van der Waals surface area contributed by atoms with Crippen molar-refractivity contribution >= 4 is 10.0 Å². The van der Waals surface area contributed by atoms with Crippen LogP contribution in [-0.4, -0.2) is 41.0 Å². The van der Waals surface area contributed by atoms with Gasteiger partial charge in [0.15, 0.2) is 5.82 Å². The van der Waals surface area contributed by atoms with Gasteiger partial charge in [-0.05, 0) is 13.8 Å². The van der Waals surface area contributed by atoms with Crippen molar-refractivity contribution < 1.29 is 13.2 Å². The average molecular weight is 345 g/mol. The third-order valence-corrected chi connectivity index (χ3v) is 6.86. The predicted octanol–water partition coefficient (Wildman–Crippen LogP) is 1.92. The number of rotatable bonds is 3. The number of ether oxygens (including phenoxy) is 1. The van der Waals surface area contributed by atoms with Crippen LogP contribution in [0.25, 0.3) is 11.4 Å². The molecular weight excluding hydrogens is 326 g/mol. The highest BCUT2D eigenvalue weighted by Gasteiger charge is 2.55. The molecule has 0 N–H and O–H groups in total. The van der Waals surface area contributed by atoms with Crippen LogP contribution in [0.15, 0.2) is 36.5 Å². The molecule has 0 atom stereocenters. The lowest BCUT2D eigenvalue weighted by Crippen LogP contribution is -2.62. The van der Waals surface area contributed by atoms with Crippen LogP contribution in [0, 0.1) is 0 Å². The molecule has 0 amide bonds. The smallest absolute Gasteiger partial charge is 0.216 e. The molecule has 6 nitrogen and oxygen atoms in total. The van der Waals surface area contributed by atoms with E-state index in [2.05, 4.69) is 9.97 Å². The van der Waals surface area contributed by atoms with Crippen LogP contribution >= 0.6 is 0 Å². The second kappa shape index (κ2) is 5.34. The fourth-order valence-electron chi connectivity index (χ4n) is 3.18. The number of benzene rings is 1. The summed E-state index contributed by atoms with van der Waals surface area (Å²) in [4.78, 5) is 9.08. The van der Waals surface area contributed by atoms with E-state index < -0.39 is 20.9 Å². The Bertz CT molecular complexity index is 875. The fraction of sp³-hybridized carbons (Fsp3) is 0.412. The van der Waals surface area contributed by atoms with E-state index in [1.807, 2.05) is 30.3 Å². The Kier molecular flexibility index (Phi) is 3.49. The van der Waals surface area contributed by atoms with Crippen molar-refractivity contribution in [3.05, 3.63) is 47.8 Å². The van der Waals surface area contributed by atoms with Gasteiger partial charge >= 0.3 is 0 Å². The molecule has 1 saturated heterocycles. The number of nitrogens with zero attached hydrogens (tertiary/aromatic N) is 3. The highest BCUT2D eigenvalue weighted by atomic mass is 32.2. The minimum atomic E-state index is -3.24. The molecule has 7 heteroatoms. The van der Waals surface area contributed by atoms with Crippen molar-refractivity contribution in [2.45, 2.75) is 31.3 Å². The molecule has 2 aromatic rings. The molecule has 1 aromatic heterocycles. The van der Waals surface area contributed by atoms with E-state index in [4.69, 9.17) is 4.74 Å².